The van der Waals surface area contributed by atoms with Crippen molar-refractivity contribution in [3.05, 3.63) is 17.0 Å². The standard InChI is InChI=1S/C13H17F3N4O2/c1-7-9(10(13(14,15)16)18-19(7)2)12(22)20-5-3-8(4-6-20)11(17)21/h8H,3-6H2,1-2H3,(H2,17,21). The van der Waals surface area contributed by atoms with E-state index in [1.54, 1.807) is 0 Å². The molecule has 0 atom stereocenters. The smallest absolute Gasteiger partial charge is 0.369 e. The summed E-state index contributed by atoms with van der Waals surface area (Å²) in [6, 6.07) is 0. The number of carbonyl (C=O) groups excluding carboxylic acids is 2. The molecule has 0 unspecified atom stereocenters. The van der Waals surface area contributed by atoms with E-state index in [0.29, 0.717) is 12.8 Å². The molecule has 1 aliphatic heterocycles. The largest absolute Gasteiger partial charge is 0.435 e. The lowest BCUT2D eigenvalue weighted by atomic mass is 9.95. The predicted octanol–water partition coefficient (Wildman–Crippen LogP) is 1.08. The van der Waals surface area contributed by atoms with E-state index in [2.05, 4.69) is 5.10 Å². The predicted molar refractivity (Wildman–Crippen MR) is 70.8 cm³/mol. The van der Waals surface area contributed by atoms with Crippen molar-refractivity contribution < 1.29 is 22.8 Å². The van der Waals surface area contributed by atoms with Crippen LogP contribution in [0.5, 0.6) is 0 Å². The Morgan fingerprint density at radius 2 is 1.82 bits per heavy atom. The lowest BCUT2D eigenvalue weighted by Crippen LogP contribution is -2.42. The molecule has 9 heteroatoms. The molecule has 0 aliphatic carbocycles. The molecule has 0 spiro atoms. The molecule has 0 aromatic carbocycles. The molecule has 1 fully saturated rings. The number of halogens is 3. The number of amides is 2. The van der Waals surface area contributed by atoms with Gasteiger partial charge in [-0.2, -0.15) is 18.3 Å². The Balaban J connectivity index is 2.26. The van der Waals surface area contributed by atoms with Crippen molar-refractivity contribution in [1.29, 1.82) is 0 Å². The van der Waals surface area contributed by atoms with Gasteiger partial charge >= 0.3 is 6.18 Å². The minimum absolute atomic E-state index is 0.161. The van der Waals surface area contributed by atoms with Crippen molar-refractivity contribution in [1.82, 2.24) is 14.7 Å². The van der Waals surface area contributed by atoms with Gasteiger partial charge in [-0.15, -0.1) is 0 Å². The molecule has 1 aliphatic rings. The van der Waals surface area contributed by atoms with Crippen molar-refractivity contribution in [3.63, 3.8) is 0 Å². The van der Waals surface area contributed by atoms with Crippen LogP contribution in [0.15, 0.2) is 0 Å². The van der Waals surface area contributed by atoms with Crippen LogP contribution >= 0.6 is 0 Å². The van der Waals surface area contributed by atoms with Crippen molar-refractivity contribution >= 4 is 11.8 Å². The number of rotatable bonds is 2. The van der Waals surface area contributed by atoms with E-state index in [9.17, 15) is 22.8 Å². The number of likely N-dealkylation sites (tertiary alicyclic amines) is 1. The van der Waals surface area contributed by atoms with E-state index in [1.807, 2.05) is 0 Å². The van der Waals surface area contributed by atoms with E-state index in [4.69, 9.17) is 5.73 Å². The number of alkyl halides is 3. The topological polar surface area (TPSA) is 81.2 Å². The molecule has 2 heterocycles. The second kappa shape index (κ2) is 5.62. The summed E-state index contributed by atoms with van der Waals surface area (Å²) >= 11 is 0. The average Bonchev–Trinajstić information content (AvgIpc) is 2.74. The summed E-state index contributed by atoms with van der Waals surface area (Å²) in [5, 5.41) is 3.41. The molecule has 1 aromatic rings. The number of hydrogen-bond donors (Lipinski definition) is 1. The summed E-state index contributed by atoms with van der Waals surface area (Å²) < 4.78 is 40.1. The molecular formula is C13H17F3N4O2. The van der Waals surface area contributed by atoms with Crippen molar-refractivity contribution in [3.8, 4) is 0 Å². The fourth-order valence-corrected chi connectivity index (χ4v) is 2.59. The summed E-state index contributed by atoms with van der Waals surface area (Å²) in [6.07, 6.45) is -3.97. The zero-order chi connectivity index (χ0) is 16.7. The maximum absolute atomic E-state index is 13.0. The monoisotopic (exact) mass is 318 g/mol. The van der Waals surface area contributed by atoms with E-state index >= 15 is 0 Å². The number of aromatic nitrogens is 2. The van der Waals surface area contributed by atoms with Crippen molar-refractivity contribution in [2.24, 2.45) is 18.7 Å². The zero-order valence-electron chi connectivity index (χ0n) is 12.3. The first kappa shape index (κ1) is 16.3. The van der Waals surface area contributed by atoms with Gasteiger partial charge in [-0.05, 0) is 19.8 Å². The molecule has 2 amide bonds. The molecule has 122 valence electrons. The lowest BCUT2D eigenvalue weighted by molar-refractivity contribution is -0.141. The molecule has 0 bridgehead atoms. The summed E-state index contributed by atoms with van der Waals surface area (Å²) in [7, 11) is 1.36. The summed E-state index contributed by atoms with van der Waals surface area (Å²) in [5.41, 5.74) is 3.77. The van der Waals surface area contributed by atoms with Crippen LogP contribution in [0, 0.1) is 12.8 Å². The van der Waals surface area contributed by atoms with Gasteiger partial charge in [0.1, 0.15) is 0 Å². The Bertz CT molecular complexity index is 601. The Labute approximate surface area is 125 Å². The van der Waals surface area contributed by atoms with Gasteiger partial charge in [-0.3, -0.25) is 14.3 Å². The van der Waals surface area contributed by atoms with Crippen LogP contribution in [0.1, 0.15) is 34.6 Å². The zero-order valence-corrected chi connectivity index (χ0v) is 12.3. The number of carbonyl (C=O) groups is 2. The van der Waals surface area contributed by atoms with E-state index in [0.717, 1.165) is 4.68 Å². The minimum atomic E-state index is -4.69. The highest BCUT2D eigenvalue weighted by Crippen LogP contribution is 2.33. The number of hydrogen-bond acceptors (Lipinski definition) is 3. The lowest BCUT2D eigenvalue weighted by Gasteiger charge is -2.30. The number of aryl methyl sites for hydroxylation is 1. The third-order valence-electron chi connectivity index (χ3n) is 4.00. The van der Waals surface area contributed by atoms with Gasteiger partial charge in [0, 0.05) is 31.7 Å². The Morgan fingerprint density at radius 1 is 1.27 bits per heavy atom. The van der Waals surface area contributed by atoms with Gasteiger partial charge < -0.3 is 10.6 Å². The number of piperidine rings is 1. The summed E-state index contributed by atoms with van der Waals surface area (Å²) in [6.45, 7) is 1.84. The summed E-state index contributed by atoms with van der Waals surface area (Å²) in [5.74, 6) is -1.48. The van der Waals surface area contributed by atoms with Crippen LogP contribution in [-0.4, -0.2) is 39.6 Å². The van der Waals surface area contributed by atoms with Gasteiger partial charge in [0.15, 0.2) is 5.69 Å². The van der Waals surface area contributed by atoms with Gasteiger partial charge in [0.25, 0.3) is 5.91 Å². The van der Waals surface area contributed by atoms with Gasteiger partial charge in [-0.25, -0.2) is 0 Å². The van der Waals surface area contributed by atoms with Gasteiger partial charge in [0.2, 0.25) is 5.91 Å². The van der Waals surface area contributed by atoms with Crippen LogP contribution in [0.3, 0.4) is 0 Å². The molecule has 0 saturated carbocycles. The average molecular weight is 318 g/mol. The quantitative estimate of drug-likeness (QED) is 0.886. The maximum Gasteiger partial charge on any atom is 0.435 e. The summed E-state index contributed by atoms with van der Waals surface area (Å²) in [4.78, 5) is 24.9. The first-order chi connectivity index (χ1) is 10.1. The number of primary amides is 1. The highest BCUT2D eigenvalue weighted by molar-refractivity contribution is 5.96. The third-order valence-corrected chi connectivity index (χ3v) is 4.00. The first-order valence-corrected chi connectivity index (χ1v) is 6.82. The second-order valence-corrected chi connectivity index (χ2v) is 5.40. The van der Waals surface area contributed by atoms with Gasteiger partial charge in [0.05, 0.1) is 5.56 Å². The molecular weight excluding hydrogens is 301 g/mol. The molecule has 22 heavy (non-hydrogen) atoms. The molecule has 1 aromatic heterocycles. The molecule has 2 N–H and O–H groups in total. The molecule has 0 radical (unpaired) electrons. The highest BCUT2D eigenvalue weighted by atomic mass is 19.4. The fraction of sp³-hybridized carbons (Fsp3) is 0.615. The van der Waals surface area contributed by atoms with Crippen LogP contribution in [0.25, 0.3) is 0 Å². The van der Waals surface area contributed by atoms with Crippen molar-refractivity contribution in [2.75, 3.05) is 13.1 Å². The van der Waals surface area contributed by atoms with Crippen LogP contribution in [0.2, 0.25) is 0 Å². The minimum Gasteiger partial charge on any atom is -0.369 e. The van der Waals surface area contributed by atoms with Crippen LogP contribution < -0.4 is 5.73 Å². The third kappa shape index (κ3) is 2.93. The molecule has 1 saturated heterocycles. The molecule has 6 nitrogen and oxygen atoms in total. The van der Waals surface area contributed by atoms with E-state index in [-0.39, 0.29) is 24.7 Å². The van der Waals surface area contributed by atoms with Crippen molar-refractivity contribution in [2.45, 2.75) is 25.9 Å². The highest BCUT2D eigenvalue weighted by Gasteiger charge is 2.41. The fourth-order valence-electron chi connectivity index (χ4n) is 2.59. The SMILES string of the molecule is Cc1c(C(=O)N2CCC(C(N)=O)CC2)c(C(F)(F)F)nn1C. The Hall–Kier alpha value is -2.06. The second-order valence-electron chi connectivity index (χ2n) is 5.40. The van der Waals surface area contributed by atoms with E-state index < -0.39 is 29.2 Å². The van der Waals surface area contributed by atoms with E-state index in [1.165, 1.54) is 18.9 Å². The number of nitrogens with zero attached hydrogens (tertiary/aromatic N) is 3. The number of nitrogens with two attached hydrogens (primary N) is 1. The Morgan fingerprint density at radius 3 is 2.27 bits per heavy atom. The van der Waals surface area contributed by atoms with Gasteiger partial charge in [-0.1, -0.05) is 0 Å². The van der Waals surface area contributed by atoms with Crippen LogP contribution in [-0.2, 0) is 18.0 Å². The van der Waals surface area contributed by atoms with Crippen LogP contribution in [0.4, 0.5) is 13.2 Å². The Kier molecular flexibility index (Phi) is 4.17. The first-order valence-electron chi connectivity index (χ1n) is 6.82. The normalized spacial score (nSPS) is 16.9. The maximum atomic E-state index is 13.0. The molecule has 2 rings (SSSR count).